The summed E-state index contributed by atoms with van der Waals surface area (Å²) in [6, 6.07) is 7.40. The highest BCUT2D eigenvalue weighted by Crippen LogP contribution is 2.22. The van der Waals surface area contributed by atoms with Crippen molar-refractivity contribution in [2.24, 2.45) is 0 Å². The van der Waals surface area contributed by atoms with Crippen molar-refractivity contribution < 1.29 is 9.53 Å². The molecule has 0 saturated carbocycles. The first-order chi connectivity index (χ1) is 9.69. The highest BCUT2D eigenvalue weighted by molar-refractivity contribution is 9.11. The molecule has 0 spiro atoms. The maximum atomic E-state index is 12.0. The number of carbonyl (C=O) groups excluding carboxylic acids is 1. The Kier molecular flexibility index (Phi) is 5.55. The van der Waals surface area contributed by atoms with Gasteiger partial charge in [-0.15, -0.1) is 11.3 Å². The summed E-state index contributed by atoms with van der Waals surface area (Å²) in [7, 11) is 0. The van der Waals surface area contributed by atoms with Gasteiger partial charge in [0, 0.05) is 29.2 Å². The van der Waals surface area contributed by atoms with Crippen LogP contribution in [0.5, 0.6) is 5.88 Å². The molecule has 1 N–H and O–H groups in total. The second-order valence-corrected chi connectivity index (χ2v) is 6.58. The van der Waals surface area contributed by atoms with Gasteiger partial charge in [0.1, 0.15) is 0 Å². The van der Waals surface area contributed by atoms with Crippen LogP contribution in [0.15, 0.2) is 34.2 Å². The molecule has 0 atom stereocenters. The molecule has 0 radical (unpaired) electrons. The van der Waals surface area contributed by atoms with Gasteiger partial charge < -0.3 is 10.1 Å². The maximum absolute atomic E-state index is 12.0. The lowest BCUT2D eigenvalue weighted by Gasteiger charge is -2.06. The number of halogens is 1. The molecule has 0 aliphatic carbocycles. The standard InChI is InChI=1S/C14H15BrN2O2S/c1-2-19-13-9-10(5-7-16-13)14(18)17-8-6-11-3-4-12(15)20-11/h3-5,7,9H,2,6,8H2,1H3,(H,17,18). The highest BCUT2D eigenvalue weighted by atomic mass is 79.9. The molecule has 4 nitrogen and oxygen atoms in total. The third-order valence-electron chi connectivity index (χ3n) is 2.58. The number of ether oxygens (including phenoxy) is 1. The van der Waals surface area contributed by atoms with Crippen LogP contribution in [-0.2, 0) is 6.42 Å². The van der Waals surface area contributed by atoms with Crippen LogP contribution in [0, 0.1) is 0 Å². The van der Waals surface area contributed by atoms with Gasteiger partial charge in [-0.3, -0.25) is 4.79 Å². The lowest BCUT2D eigenvalue weighted by atomic mass is 10.2. The molecule has 6 heteroatoms. The molecule has 2 rings (SSSR count). The van der Waals surface area contributed by atoms with Crippen molar-refractivity contribution in [1.82, 2.24) is 10.3 Å². The zero-order valence-corrected chi connectivity index (χ0v) is 13.5. The molecule has 2 heterocycles. The fourth-order valence-corrected chi connectivity index (χ4v) is 3.15. The molecule has 2 aromatic rings. The molecule has 0 fully saturated rings. The molecule has 0 saturated heterocycles. The molecule has 0 aliphatic rings. The zero-order valence-electron chi connectivity index (χ0n) is 11.1. The molecular weight excluding hydrogens is 340 g/mol. The number of thiophene rings is 1. The van der Waals surface area contributed by atoms with E-state index in [9.17, 15) is 4.79 Å². The van der Waals surface area contributed by atoms with Crippen molar-refractivity contribution >= 4 is 33.2 Å². The van der Waals surface area contributed by atoms with Gasteiger partial charge in [-0.05, 0) is 47.5 Å². The van der Waals surface area contributed by atoms with Crippen molar-refractivity contribution in [3.05, 3.63) is 44.7 Å². The van der Waals surface area contributed by atoms with E-state index in [1.807, 2.05) is 13.0 Å². The minimum Gasteiger partial charge on any atom is -0.478 e. The molecule has 0 aromatic carbocycles. The monoisotopic (exact) mass is 354 g/mol. The van der Waals surface area contributed by atoms with Gasteiger partial charge in [0.15, 0.2) is 0 Å². The second-order valence-electron chi connectivity index (χ2n) is 4.03. The molecule has 2 aromatic heterocycles. The number of carbonyl (C=O) groups is 1. The van der Waals surface area contributed by atoms with Crippen molar-refractivity contribution in [3.63, 3.8) is 0 Å². The summed E-state index contributed by atoms with van der Waals surface area (Å²) in [5.41, 5.74) is 0.566. The minimum atomic E-state index is -0.107. The summed E-state index contributed by atoms with van der Waals surface area (Å²) >= 11 is 5.10. The van der Waals surface area contributed by atoms with Crippen molar-refractivity contribution in [2.45, 2.75) is 13.3 Å². The first-order valence-corrected chi connectivity index (χ1v) is 7.91. The molecule has 0 aliphatic heterocycles. The number of amides is 1. The molecule has 1 amide bonds. The molecule has 106 valence electrons. The number of nitrogens with one attached hydrogen (secondary N) is 1. The van der Waals surface area contributed by atoms with Crippen molar-refractivity contribution in [1.29, 1.82) is 0 Å². The van der Waals surface area contributed by atoms with Crippen LogP contribution in [0.3, 0.4) is 0 Å². The predicted octanol–water partition coefficient (Wildman–Crippen LogP) is 3.28. The first-order valence-electron chi connectivity index (χ1n) is 6.30. The Bertz CT molecular complexity index is 586. The average Bonchev–Trinajstić information content (AvgIpc) is 2.85. The average molecular weight is 355 g/mol. The Hall–Kier alpha value is -1.40. The van der Waals surface area contributed by atoms with Crippen LogP contribution in [0.1, 0.15) is 22.2 Å². The summed E-state index contributed by atoms with van der Waals surface area (Å²) in [6.45, 7) is 3.02. The van der Waals surface area contributed by atoms with Gasteiger partial charge in [-0.25, -0.2) is 4.98 Å². The SMILES string of the molecule is CCOc1cc(C(=O)NCCc2ccc(Br)s2)ccn1. The molecular formula is C14H15BrN2O2S. The van der Waals surface area contributed by atoms with E-state index in [4.69, 9.17) is 4.74 Å². The van der Waals surface area contributed by atoms with Crippen LogP contribution in [0.2, 0.25) is 0 Å². The van der Waals surface area contributed by atoms with E-state index in [1.54, 1.807) is 29.7 Å². The van der Waals surface area contributed by atoms with Crippen LogP contribution in [-0.4, -0.2) is 24.0 Å². The number of hydrogen-bond donors (Lipinski definition) is 1. The van der Waals surface area contributed by atoms with Crippen molar-refractivity contribution in [3.8, 4) is 5.88 Å². The van der Waals surface area contributed by atoms with Gasteiger partial charge in [-0.2, -0.15) is 0 Å². The van der Waals surface area contributed by atoms with E-state index >= 15 is 0 Å². The lowest BCUT2D eigenvalue weighted by molar-refractivity contribution is 0.0953. The Labute approximate surface area is 130 Å². The van der Waals surface area contributed by atoms with Crippen LogP contribution in [0.25, 0.3) is 0 Å². The molecule has 0 unspecified atom stereocenters. The van der Waals surface area contributed by atoms with Crippen LogP contribution in [0.4, 0.5) is 0 Å². The van der Waals surface area contributed by atoms with Crippen LogP contribution >= 0.6 is 27.3 Å². The molecule has 20 heavy (non-hydrogen) atoms. The minimum absolute atomic E-state index is 0.107. The van der Waals surface area contributed by atoms with Crippen LogP contribution < -0.4 is 10.1 Å². The van der Waals surface area contributed by atoms with E-state index < -0.39 is 0 Å². The largest absolute Gasteiger partial charge is 0.478 e. The fourth-order valence-electron chi connectivity index (χ4n) is 1.66. The van der Waals surface area contributed by atoms with Gasteiger partial charge >= 0.3 is 0 Å². The Morgan fingerprint density at radius 3 is 3.00 bits per heavy atom. The maximum Gasteiger partial charge on any atom is 0.251 e. The Morgan fingerprint density at radius 2 is 2.30 bits per heavy atom. The Morgan fingerprint density at radius 1 is 1.45 bits per heavy atom. The zero-order chi connectivity index (χ0) is 14.4. The van der Waals surface area contributed by atoms with E-state index in [0.29, 0.717) is 24.6 Å². The fraction of sp³-hybridized carbons (Fsp3) is 0.286. The Balaban J connectivity index is 1.86. The van der Waals surface area contributed by atoms with E-state index in [2.05, 4.69) is 32.3 Å². The normalized spacial score (nSPS) is 10.3. The highest BCUT2D eigenvalue weighted by Gasteiger charge is 2.07. The summed E-state index contributed by atoms with van der Waals surface area (Å²) in [5.74, 6) is 0.367. The summed E-state index contributed by atoms with van der Waals surface area (Å²) in [6.07, 6.45) is 2.40. The second kappa shape index (κ2) is 7.40. The number of pyridine rings is 1. The van der Waals surface area contributed by atoms with E-state index in [-0.39, 0.29) is 5.91 Å². The number of aromatic nitrogens is 1. The third kappa shape index (κ3) is 4.31. The van der Waals surface area contributed by atoms with Crippen molar-refractivity contribution in [2.75, 3.05) is 13.2 Å². The summed E-state index contributed by atoms with van der Waals surface area (Å²) in [5, 5.41) is 2.90. The predicted molar refractivity (Wildman–Crippen MR) is 83.5 cm³/mol. The summed E-state index contributed by atoms with van der Waals surface area (Å²) in [4.78, 5) is 17.3. The summed E-state index contributed by atoms with van der Waals surface area (Å²) < 4.78 is 6.38. The smallest absolute Gasteiger partial charge is 0.251 e. The van der Waals surface area contributed by atoms with E-state index in [0.717, 1.165) is 10.2 Å². The van der Waals surface area contributed by atoms with Gasteiger partial charge in [0.2, 0.25) is 5.88 Å². The van der Waals surface area contributed by atoms with Gasteiger partial charge in [0.05, 0.1) is 10.4 Å². The number of nitrogens with zero attached hydrogens (tertiary/aromatic N) is 1. The molecule has 0 bridgehead atoms. The topological polar surface area (TPSA) is 51.2 Å². The number of rotatable bonds is 6. The van der Waals surface area contributed by atoms with Gasteiger partial charge in [-0.1, -0.05) is 0 Å². The first kappa shape index (κ1) is 15.0. The number of hydrogen-bond acceptors (Lipinski definition) is 4. The van der Waals surface area contributed by atoms with E-state index in [1.165, 1.54) is 4.88 Å². The quantitative estimate of drug-likeness (QED) is 0.865. The lowest BCUT2D eigenvalue weighted by Crippen LogP contribution is -2.25. The van der Waals surface area contributed by atoms with Gasteiger partial charge in [0.25, 0.3) is 5.91 Å². The third-order valence-corrected chi connectivity index (χ3v) is 4.26.